The number of nitrogens with two attached hydrogens (primary N) is 1. The summed E-state index contributed by atoms with van der Waals surface area (Å²) in [5, 5.41) is 3.96. The molecule has 0 atom stereocenters. The predicted molar refractivity (Wildman–Crippen MR) is 86.0 cm³/mol. The molecule has 0 fully saturated rings. The number of hydrogen-bond acceptors (Lipinski definition) is 4. The minimum Gasteiger partial charge on any atom is -0.368 e. The van der Waals surface area contributed by atoms with E-state index in [1.54, 1.807) is 12.1 Å². The van der Waals surface area contributed by atoms with Crippen molar-refractivity contribution in [2.24, 2.45) is 5.73 Å². The maximum Gasteiger partial charge on any atom is 0.243 e. The van der Waals surface area contributed by atoms with Crippen molar-refractivity contribution in [3.63, 3.8) is 0 Å². The minimum atomic E-state index is -3.81. The Hall–Kier alpha value is -2.45. The molecule has 0 saturated carbocycles. The molecule has 2 rings (SSSR count). The molecule has 0 spiro atoms. The molecule has 122 valence electrons. The largest absolute Gasteiger partial charge is 0.368 e. The van der Waals surface area contributed by atoms with Crippen molar-refractivity contribution < 1.29 is 18.0 Å². The first-order valence-electron chi connectivity index (χ1n) is 6.81. The van der Waals surface area contributed by atoms with Crippen molar-refractivity contribution in [1.82, 2.24) is 9.62 Å². The van der Waals surface area contributed by atoms with E-state index in [0.29, 0.717) is 0 Å². The average molecular weight is 335 g/mol. The maximum absolute atomic E-state index is 12.5. The first-order valence-corrected chi connectivity index (χ1v) is 8.25. The molecule has 0 saturated heterocycles. The van der Waals surface area contributed by atoms with E-state index in [-0.39, 0.29) is 11.4 Å². The van der Waals surface area contributed by atoms with Gasteiger partial charge in [-0.15, -0.1) is 0 Å². The molecule has 2 aromatic rings. The van der Waals surface area contributed by atoms with Crippen LogP contribution in [0.3, 0.4) is 0 Å². The van der Waals surface area contributed by atoms with Gasteiger partial charge in [-0.3, -0.25) is 9.59 Å². The van der Waals surface area contributed by atoms with Crippen LogP contribution in [0.2, 0.25) is 0 Å². The van der Waals surface area contributed by atoms with Gasteiger partial charge in [0, 0.05) is 7.05 Å². The Kier molecular flexibility index (Phi) is 4.97. The van der Waals surface area contributed by atoms with Crippen LogP contribution in [0.5, 0.6) is 0 Å². The van der Waals surface area contributed by atoms with Crippen LogP contribution < -0.4 is 11.1 Å². The molecule has 0 bridgehead atoms. The van der Waals surface area contributed by atoms with Crippen LogP contribution in [0, 0.1) is 0 Å². The summed E-state index contributed by atoms with van der Waals surface area (Å²) < 4.78 is 25.9. The molecular weight excluding hydrogens is 318 g/mol. The van der Waals surface area contributed by atoms with E-state index in [1.807, 2.05) is 24.3 Å². The van der Waals surface area contributed by atoms with Gasteiger partial charge < -0.3 is 11.1 Å². The molecule has 8 heteroatoms. The first-order chi connectivity index (χ1) is 10.8. The summed E-state index contributed by atoms with van der Waals surface area (Å²) in [4.78, 5) is 22.3. The van der Waals surface area contributed by atoms with Crippen LogP contribution in [-0.2, 0) is 19.6 Å². The molecule has 0 radical (unpaired) electrons. The van der Waals surface area contributed by atoms with Gasteiger partial charge in [-0.25, -0.2) is 8.42 Å². The van der Waals surface area contributed by atoms with Gasteiger partial charge in [-0.05, 0) is 22.9 Å². The van der Waals surface area contributed by atoms with Crippen LogP contribution in [0.4, 0.5) is 0 Å². The van der Waals surface area contributed by atoms with Gasteiger partial charge in [0.05, 0.1) is 18.0 Å². The molecule has 7 nitrogen and oxygen atoms in total. The van der Waals surface area contributed by atoms with Gasteiger partial charge in [0.2, 0.25) is 21.8 Å². The number of nitrogens with one attached hydrogen (secondary N) is 1. The second-order valence-corrected chi connectivity index (χ2v) is 7.06. The number of fused-ring (bicyclic) bond motifs is 1. The smallest absolute Gasteiger partial charge is 0.243 e. The normalized spacial score (nSPS) is 11.6. The van der Waals surface area contributed by atoms with E-state index in [2.05, 4.69) is 5.32 Å². The number of carbonyl (C=O) groups excluding carboxylic acids is 2. The van der Waals surface area contributed by atoms with E-state index in [9.17, 15) is 18.0 Å². The summed E-state index contributed by atoms with van der Waals surface area (Å²) in [6.07, 6.45) is 0. The van der Waals surface area contributed by atoms with Crippen LogP contribution in [0.15, 0.2) is 47.4 Å². The fourth-order valence-corrected chi connectivity index (χ4v) is 3.20. The third kappa shape index (κ3) is 4.05. The second kappa shape index (κ2) is 6.76. The molecular formula is C15H17N3O4S. The van der Waals surface area contributed by atoms with Crippen molar-refractivity contribution in [3.8, 4) is 0 Å². The molecule has 0 heterocycles. The molecule has 0 unspecified atom stereocenters. The number of nitrogens with zero attached hydrogens (tertiary/aromatic N) is 1. The Morgan fingerprint density at radius 2 is 1.78 bits per heavy atom. The van der Waals surface area contributed by atoms with Gasteiger partial charge in [-0.2, -0.15) is 4.31 Å². The van der Waals surface area contributed by atoms with Crippen molar-refractivity contribution >= 4 is 32.6 Å². The Morgan fingerprint density at radius 1 is 1.13 bits per heavy atom. The Morgan fingerprint density at radius 3 is 2.43 bits per heavy atom. The highest BCUT2D eigenvalue weighted by Crippen LogP contribution is 2.21. The average Bonchev–Trinajstić information content (AvgIpc) is 2.52. The third-order valence-corrected chi connectivity index (χ3v) is 5.05. The van der Waals surface area contributed by atoms with Gasteiger partial charge in [0.1, 0.15) is 0 Å². The van der Waals surface area contributed by atoms with Crippen molar-refractivity contribution in [2.75, 3.05) is 20.1 Å². The standard InChI is InChI=1S/C15H17N3O4S/c1-18(10-15(20)17-9-14(16)19)23(21,22)13-7-6-11-4-2-3-5-12(11)8-13/h2-8H,9-10H2,1H3,(H2,16,19)(H,17,20). The fraction of sp³-hybridized carbons (Fsp3) is 0.200. The SMILES string of the molecule is CN(CC(=O)NCC(N)=O)S(=O)(=O)c1ccc2ccccc2c1. The number of benzene rings is 2. The molecule has 23 heavy (non-hydrogen) atoms. The van der Waals surface area contributed by atoms with E-state index in [4.69, 9.17) is 5.73 Å². The molecule has 0 aliphatic rings. The quantitative estimate of drug-likeness (QED) is 0.778. The lowest BCUT2D eigenvalue weighted by atomic mass is 10.1. The molecule has 0 aromatic heterocycles. The Bertz CT molecular complexity index is 849. The number of hydrogen-bond donors (Lipinski definition) is 2. The number of primary amides is 1. The highest BCUT2D eigenvalue weighted by atomic mass is 32.2. The van der Waals surface area contributed by atoms with Crippen molar-refractivity contribution in [2.45, 2.75) is 4.90 Å². The summed E-state index contributed by atoms with van der Waals surface area (Å²) in [7, 11) is -2.51. The number of rotatable bonds is 6. The zero-order chi connectivity index (χ0) is 17.0. The molecule has 0 aliphatic heterocycles. The first kappa shape index (κ1) is 16.9. The molecule has 2 amide bonds. The van der Waals surface area contributed by atoms with Crippen LogP contribution in [0.25, 0.3) is 10.8 Å². The zero-order valence-electron chi connectivity index (χ0n) is 12.5. The summed E-state index contributed by atoms with van der Waals surface area (Å²) >= 11 is 0. The Balaban J connectivity index is 2.18. The van der Waals surface area contributed by atoms with Gasteiger partial charge >= 0.3 is 0 Å². The lowest BCUT2D eigenvalue weighted by Crippen LogP contribution is -2.41. The summed E-state index contributed by atoms with van der Waals surface area (Å²) in [5.41, 5.74) is 4.92. The predicted octanol–water partition coefficient (Wildman–Crippen LogP) is 0.0618. The topological polar surface area (TPSA) is 110 Å². The third-order valence-electron chi connectivity index (χ3n) is 3.26. The molecule has 3 N–H and O–H groups in total. The van der Waals surface area contributed by atoms with Crippen molar-refractivity contribution in [3.05, 3.63) is 42.5 Å². The van der Waals surface area contributed by atoms with Crippen LogP contribution >= 0.6 is 0 Å². The van der Waals surface area contributed by atoms with Gasteiger partial charge in [-0.1, -0.05) is 30.3 Å². The van der Waals surface area contributed by atoms with Crippen LogP contribution in [-0.4, -0.2) is 44.7 Å². The zero-order valence-corrected chi connectivity index (χ0v) is 13.3. The molecule has 2 aromatic carbocycles. The summed E-state index contributed by atoms with van der Waals surface area (Å²) in [6.45, 7) is -0.731. The Labute approximate surface area is 134 Å². The second-order valence-electron chi connectivity index (χ2n) is 5.01. The van der Waals surface area contributed by atoms with Gasteiger partial charge in [0.15, 0.2) is 0 Å². The minimum absolute atomic E-state index is 0.0985. The van der Waals surface area contributed by atoms with Gasteiger partial charge in [0.25, 0.3) is 0 Å². The lowest BCUT2D eigenvalue weighted by Gasteiger charge is -2.17. The molecule has 0 aliphatic carbocycles. The van der Waals surface area contributed by atoms with E-state index in [0.717, 1.165) is 15.1 Å². The number of amides is 2. The summed E-state index contributed by atoms with van der Waals surface area (Å²) in [5.74, 6) is -1.30. The monoisotopic (exact) mass is 335 g/mol. The van der Waals surface area contributed by atoms with E-state index < -0.39 is 28.4 Å². The maximum atomic E-state index is 12.5. The lowest BCUT2D eigenvalue weighted by molar-refractivity contribution is -0.124. The number of likely N-dealkylation sites (N-methyl/N-ethyl adjacent to an activating group) is 1. The highest BCUT2D eigenvalue weighted by molar-refractivity contribution is 7.89. The van der Waals surface area contributed by atoms with E-state index >= 15 is 0 Å². The van der Waals surface area contributed by atoms with Crippen LogP contribution in [0.1, 0.15) is 0 Å². The van der Waals surface area contributed by atoms with E-state index in [1.165, 1.54) is 13.1 Å². The summed E-state index contributed by atoms with van der Waals surface area (Å²) in [6, 6.07) is 12.1. The fourth-order valence-electron chi connectivity index (χ4n) is 2.04. The number of carbonyl (C=O) groups is 2. The van der Waals surface area contributed by atoms with Crippen molar-refractivity contribution in [1.29, 1.82) is 0 Å². The highest BCUT2D eigenvalue weighted by Gasteiger charge is 2.23. The number of sulfonamides is 1.